The number of imidazole rings is 1. The first-order valence-corrected chi connectivity index (χ1v) is 9.37. The molecule has 25 heavy (non-hydrogen) atoms. The molecule has 0 spiro atoms. The molecule has 1 fully saturated rings. The van der Waals surface area contributed by atoms with Gasteiger partial charge < -0.3 is 14.8 Å². The summed E-state index contributed by atoms with van der Waals surface area (Å²) in [6.07, 6.45) is 9.73. The zero-order chi connectivity index (χ0) is 17.6. The van der Waals surface area contributed by atoms with E-state index in [9.17, 15) is 10.2 Å². The first kappa shape index (κ1) is 18.0. The molecular formula is C20H29N3O2. The zero-order valence-corrected chi connectivity index (χ0v) is 15.0. The number of aromatic nitrogens is 2. The molecule has 136 valence electrons. The summed E-state index contributed by atoms with van der Waals surface area (Å²) >= 11 is 0. The highest BCUT2D eigenvalue weighted by Crippen LogP contribution is 2.29. The number of aliphatic hydroxyl groups is 1. The average Bonchev–Trinajstić information content (AvgIpc) is 3.10. The van der Waals surface area contributed by atoms with Crippen molar-refractivity contribution >= 4 is 0 Å². The van der Waals surface area contributed by atoms with Gasteiger partial charge in [0.2, 0.25) is 0 Å². The molecule has 1 unspecified atom stereocenters. The molecule has 2 aromatic rings. The summed E-state index contributed by atoms with van der Waals surface area (Å²) in [6.45, 7) is 4.28. The van der Waals surface area contributed by atoms with Gasteiger partial charge in [0.15, 0.2) is 0 Å². The smallest absolute Gasteiger partial charge is 0.115 e. The highest BCUT2D eigenvalue weighted by molar-refractivity contribution is 5.28. The van der Waals surface area contributed by atoms with E-state index in [1.807, 2.05) is 18.6 Å². The highest BCUT2D eigenvalue weighted by atomic mass is 16.3. The summed E-state index contributed by atoms with van der Waals surface area (Å²) in [6, 6.07) is 7.44. The predicted molar refractivity (Wildman–Crippen MR) is 98.4 cm³/mol. The predicted octanol–water partition coefficient (Wildman–Crippen LogP) is 3.65. The molecule has 1 atom stereocenters. The van der Waals surface area contributed by atoms with Crippen molar-refractivity contribution in [3.63, 3.8) is 0 Å². The van der Waals surface area contributed by atoms with Gasteiger partial charge in [0.25, 0.3) is 0 Å². The van der Waals surface area contributed by atoms with Gasteiger partial charge in [-0.25, -0.2) is 4.98 Å². The van der Waals surface area contributed by atoms with Gasteiger partial charge in [-0.05, 0) is 37.1 Å². The zero-order valence-electron chi connectivity index (χ0n) is 15.0. The number of aliphatic hydroxyl groups excluding tert-OH is 1. The first-order chi connectivity index (χ1) is 12.2. The van der Waals surface area contributed by atoms with Crippen LogP contribution in [0.1, 0.15) is 62.4 Å². The third-order valence-electron chi connectivity index (χ3n) is 5.23. The fourth-order valence-corrected chi connectivity index (χ4v) is 3.76. The minimum absolute atomic E-state index is 0.190. The third kappa shape index (κ3) is 4.61. The van der Waals surface area contributed by atoms with Gasteiger partial charge in [-0.2, -0.15) is 0 Å². The molecule has 5 nitrogen and oxygen atoms in total. The van der Waals surface area contributed by atoms with Crippen LogP contribution in [0.4, 0.5) is 0 Å². The number of rotatable bonds is 7. The molecule has 0 saturated heterocycles. The number of likely N-dealkylation sites (N-methyl/N-ethyl adjacent to an activating group) is 1. The number of nitrogens with zero attached hydrogens (tertiary/aromatic N) is 3. The van der Waals surface area contributed by atoms with E-state index in [2.05, 4.69) is 21.4 Å². The molecule has 5 heteroatoms. The Kier molecular flexibility index (Phi) is 6.10. The molecule has 0 amide bonds. The molecule has 1 heterocycles. The standard InChI is InChI=1S/C20H29N3O2/c1-2-22(14-20(25)16-7-6-10-19(24)11-16)13-18-12-21-15-23(18)17-8-4-3-5-9-17/h6-7,10-12,15,17,20,24-25H,2-5,8-9,13-14H2,1H3. The van der Waals surface area contributed by atoms with Crippen molar-refractivity contribution in [2.24, 2.45) is 0 Å². The quantitative estimate of drug-likeness (QED) is 0.805. The van der Waals surface area contributed by atoms with E-state index in [1.165, 1.54) is 37.8 Å². The summed E-state index contributed by atoms with van der Waals surface area (Å²) in [7, 11) is 0. The maximum atomic E-state index is 10.5. The molecule has 2 N–H and O–H groups in total. The Balaban J connectivity index is 1.65. The second-order valence-electron chi connectivity index (χ2n) is 7.02. The topological polar surface area (TPSA) is 61.5 Å². The number of aromatic hydroxyl groups is 1. The van der Waals surface area contributed by atoms with Crippen molar-refractivity contribution in [3.05, 3.63) is 48.0 Å². The minimum Gasteiger partial charge on any atom is -0.508 e. The Morgan fingerprint density at radius 3 is 2.80 bits per heavy atom. The van der Waals surface area contributed by atoms with E-state index in [-0.39, 0.29) is 5.75 Å². The van der Waals surface area contributed by atoms with Gasteiger partial charge in [0.05, 0.1) is 18.1 Å². The van der Waals surface area contributed by atoms with Gasteiger partial charge in [-0.15, -0.1) is 0 Å². The number of phenolic OH excluding ortho intramolecular Hbond substituents is 1. The van der Waals surface area contributed by atoms with Crippen LogP contribution in [0.15, 0.2) is 36.8 Å². The number of benzene rings is 1. The van der Waals surface area contributed by atoms with E-state index in [0.717, 1.165) is 18.7 Å². The van der Waals surface area contributed by atoms with Crippen LogP contribution in [0.25, 0.3) is 0 Å². The van der Waals surface area contributed by atoms with Crippen LogP contribution >= 0.6 is 0 Å². The minimum atomic E-state index is -0.613. The lowest BCUT2D eigenvalue weighted by molar-refractivity contribution is 0.110. The van der Waals surface area contributed by atoms with Gasteiger partial charge >= 0.3 is 0 Å². The summed E-state index contributed by atoms with van der Waals surface area (Å²) in [5, 5.41) is 20.1. The lowest BCUT2D eigenvalue weighted by Gasteiger charge is -2.28. The van der Waals surface area contributed by atoms with Crippen molar-refractivity contribution in [1.82, 2.24) is 14.5 Å². The number of phenols is 1. The fourth-order valence-electron chi connectivity index (χ4n) is 3.76. The van der Waals surface area contributed by atoms with Crippen molar-refractivity contribution in [1.29, 1.82) is 0 Å². The molecule has 0 bridgehead atoms. The molecule has 0 radical (unpaired) electrons. The summed E-state index contributed by atoms with van der Waals surface area (Å²) in [5.41, 5.74) is 1.97. The lowest BCUT2D eigenvalue weighted by atomic mass is 9.95. The van der Waals surface area contributed by atoms with E-state index >= 15 is 0 Å². The van der Waals surface area contributed by atoms with Crippen molar-refractivity contribution in [2.45, 2.75) is 57.7 Å². The van der Waals surface area contributed by atoms with Crippen LogP contribution in [-0.4, -0.2) is 37.8 Å². The monoisotopic (exact) mass is 343 g/mol. The molecular weight excluding hydrogens is 314 g/mol. The van der Waals surface area contributed by atoms with Crippen LogP contribution in [0, 0.1) is 0 Å². The fraction of sp³-hybridized carbons (Fsp3) is 0.550. The summed E-state index contributed by atoms with van der Waals surface area (Å²) in [4.78, 5) is 6.60. The molecule has 0 aliphatic heterocycles. The van der Waals surface area contributed by atoms with Crippen LogP contribution in [0.5, 0.6) is 5.75 Å². The maximum absolute atomic E-state index is 10.5. The van der Waals surface area contributed by atoms with Crippen molar-refractivity contribution < 1.29 is 10.2 Å². The van der Waals surface area contributed by atoms with E-state index in [4.69, 9.17) is 0 Å². The Hall–Kier alpha value is -1.85. The van der Waals surface area contributed by atoms with Crippen LogP contribution in [-0.2, 0) is 6.54 Å². The molecule has 1 aromatic carbocycles. The molecule has 1 aromatic heterocycles. The number of hydrogen-bond acceptors (Lipinski definition) is 4. The lowest BCUT2D eigenvalue weighted by Crippen LogP contribution is -2.29. The largest absolute Gasteiger partial charge is 0.508 e. The van der Waals surface area contributed by atoms with E-state index in [0.29, 0.717) is 12.6 Å². The van der Waals surface area contributed by atoms with E-state index in [1.54, 1.807) is 18.2 Å². The maximum Gasteiger partial charge on any atom is 0.115 e. The van der Waals surface area contributed by atoms with Crippen LogP contribution < -0.4 is 0 Å². The van der Waals surface area contributed by atoms with Gasteiger partial charge in [-0.1, -0.05) is 38.3 Å². The molecule has 1 aliphatic carbocycles. The normalized spacial score (nSPS) is 17.1. The number of hydrogen-bond donors (Lipinski definition) is 2. The third-order valence-corrected chi connectivity index (χ3v) is 5.23. The Morgan fingerprint density at radius 1 is 1.28 bits per heavy atom. The van der Waals surface area contributed by atoms with Crippen LogP contribution in [0.3, 0.4) is 0 Å². The van der Waals surface area contributed by atoms with Crippen molar-refractivity contribution in [3.8, 4) is 5.75 Å². The molecule has 1 aliphatic rings. The van der Waals surface area contributed by atoms with E-state index < -0.39 is 6.10 Å². The Bertz CT molecular complexity index is 664. The van der Waals surface area contributed by atoms with Crippen molar-refractivity contribution in [2.75, 3.05) is 13.1 Å². The SMILES string of the molecule is CCN(Cc1cncn1C1CCCCC1)CC(O)c1cccc(O)c1. The summed E-state index contributed by atoms with van der Waals surface area (Å²) in [5.74, 6) is 0.190. The molecule has 1 saturated carbocycles. The van der Waals surface area contributed by atoms with Gasteiger partial charge in [0, 0.05) is 25.3 Å². The Labute approximate surface area is 149 Å². The second kappa shape index (κ2) is 8.50. The van der Waals surface area contributed by atoms with Gasteiger partial charge in [-0.3, -0.25) is 4.90 Å². The Morgan fingerprint density at radius 2 is 2.08 bits per heavy atom. The first-order valence-electron chi connectivity index (χ1n) is 9.37. The summed E-state index contributed by atoms with van der Waals surface area (Å²) < 4.78 is 2.34. The average molecular weight is 343 g/mol. The molecule has 3 rings (SSSR count). The second-order valence-corrected chi connectivity index (χ2v) is 7.02. The highest BCUT2D eigenvalue weighted by Gasteiger charge is 2.20. The van der Waals surface area contributed by atoms with Crippen LogP contribution in [0.2, 0.25) is 0 Å². The van der Waals surface area contributed by atoms with Gasteiger partial charge in [0.1, 0.15) is 5.75 Å².